The maximum atomic E-state index is 11.7. The lowest BCUT2D eigenvalue weighted by Gasteiger charge is -2.10. The number of hydrogen-bond donors (Lipinski definition) is 2. The van der Waals surface area contributed by atoms with Gasteiger partial charge in [-0.25, -0.2) is 0 Å². The highest BCUT2D eigenvalue weighted by Crippen LogP contribution is 2.15. The van der Waals surface area contributed by atoms with Gasteiger partial charge in [-0.15, -0.1) is 0 Å². The van der Waals surface area contributed by atoms with Crippen LogP contribution in [0.2, 0.25) is 0 Å². The van der Waals surface area contributed by atoms with E-state index in [2.05, 4.69) is 15.6 Å². The van der Waals surface area contributed by atoms with Gasteiger partial charge in [-0.3, -0.25) is 9.78 Å². The summed E-state index contributed by atoms with van der Waals surface area (Å²) in [5.41, 5.74) is 2.60. The van der Waals surface area contributed by atoms with Crippen LogP contribution < -0.4 is 10.6 Å². The molecule has 1 aromatic heterocycles. The summed E-state index contributed by atoms with van der Waals surface area (Å²) >= 11 is 0. The predicted octanol–water partition coefficient (Wildman–Crippen LogP) is 2.05. The minimum atomic E-state index is -0.0900. The van der Waals surface area contributed by atoms with E-state index in [0.29, 0.717) is 12.1 Å². The Labute approximate surface area is 106 Å². The number of anilines is 1. The molecule has 1 aromatic carbocycles. The van der Waals surface area contributed by atoms with Gasteiger partial charge in [-0.2, -0.15) is 0 Å². The van der Waals surface area contributed by atoms with E-state index in [1.165, 1.54) is 0 Å². The Morgan fingerprint density at radius 3 is 2.61 bits per heavy atom. The number of para-hydroxylation sites is 1. The summed E-state index contributed by atoms with van der Waals surface area (Å²) in [7, 11) is 1.63. The zero-order valence-corrected chi connectivity index (χ0v) is 10.2. The van der Waals surface area contributed by atoms with Crippen molar-refractivity contribution in [2.75, 3.05) is 12.4 Å². The van der Waals surface area contributed by atoms with Crippen molar-refractivity contribution in [2.24, 2.45) is 0 Å². The van der Waals surface area contributed by atoms with Crippen molar-refractivity contribution in [2.45, 2.75) is 6.54 Å². The molecule has 0 aliphatic carbocycles. The highest BCUT2D eigenvalue weighted by molar-refractivity contribution is 5.99. The third-order valence-corrected chi connectivity index (χ3v) is 2.63. The lowest BCUT2D eigenvalue weighted by molar-refractivity contribution is 0.0964. The van der Waals surface area contributed by atoms with Crippen molar-refractivity contribution >= 4 is 11.6 Å². The first-order valence-corrected chi connectivity index (χ1v) is 5.75. The lowest BCUT2D eigenvalue weighted by atomic mass is 10.1. The van der Waals surface area contributed by atoms with Gasteiger partial charge in [-0.05, 0) is 29.8 Å². The maximum absolute atomic E-state index is 11.7. The second kappa shape index (κ2) is 5.82. The van der Waals surface area contributed by atoms with Gasteiger partial charge in [0.25, 0.3) is 5.91 Å². The van der Waals surface area contributed by atoms with Crippen LogP contribution in [-0.2, 0) is 6.54 Å². The van der Waals surface area contributed by atoms with E-state index < -0.39 is 0 Å². The summed E-state index contributed by atoms with van der Waals surface area (Å²) in [5, 5.41) is 5.89. The second-order valence-electron chi connectivity index (χ2n) is 3.83. The summed E-state index contributed by atoms with van der Waals surface area (Å²) in [5.74, 6) is -0.0900. The van der Waals surface area contributed by atoms with Gasteiger partial charge >= 0.3 is 0 Å². The first-order valence-electron chi connectivity index (χ1n) is 5.75. The number of nitrogens with one attached hydrogen (secondary N) is 2. The standard InChI is InChI=1S/C14H15N3O/c1-15-14(18)12-4-2-3-5-13(12)17-10-11-6-8-16-9-7-11/h2-9,17H,10H2,1H3,(H,15,18). The van der Waals surface area contributed by atoms with E-state index in [9.17, 15) is 4.79 Å². The highest BCUT2D eigenvalue weighted by atomic mass is 16.1. The Kier molecular flexibility index (Phi) is 3.91. The smallest absolute Gasteiger partial charge is 0.253 e. The Balaban J connectivity index is 2.12. The fourth-order valence-corrected chi connectivity index (χ4v) is 1.67. The number of benzene rings is 1. The molecule has 4 heteroatoms. The highest BCUT2D eigenvalue weighted by Gasteiger charge is 2.08. The van der Waals surface area contributed by atoms with Crippen LogP contribution in [0.4, 0.5) is 5.69 Å². The fraction of sp³-hybridized carbons (Fsp3) is 0.143. The molecule has 0 aliphatic heterocycles. The predicted molar refractivity (Wildman–Crippen MR) is 71.4 cm³/mol. The molecule has 0 saturated heterocycles. The molecule has 2 aromatic rings. The van der Waals surface area contributed by atoms with Crippen LogP contribution in [0, 0.1) is 0 Å². The molecule has 1 amide bonds. The number of hydrogen-bond acceptors (Lipinski definition) is 3. The largest absolute Gasteiger partial charge is 0.380 e. The molecule has 1 heterocycles. The fourth-order valence-electron chi connectivity index (χ4n) is 1.67. The molecule has 0 radical (unpaired) electrons. The molecule has 4 nitrogen and oxygen atoms in total. The van der Waals surface area contributed by atoms with Crippen LogP contribution in [0.5, 0.6) is 0 Å². The molecule has 92 valence electrons. The molecule has 0 bridgehead atoms. The minimum absolute atomic E-state index is 0.0900. The van der Waals surface area contributed by atoms with Gasteiger partial charge in [0.1, 0.15) is 0 Å². The number of amides is 1. The van der Waals surface area contributed by atoms with Crippen molar-refractivity contribution < 1.29 is 4.79 Å². The topological polar surface area (TPSA) is 54.0 Å². The first kappa shape index (κ1) is 12.1. The molecule has 0 fully saturated rings. The molecule has 0 atom stereocenters. The van der Waals surface area contributed by atoms with Crippen molar-refractivity contribution in [1.82, 2.24) is 10.3 Å². The molecule has 18 heavy (non-hydrogen) atoms. The number of rotatable bonds is 4. The van der Waals surface area contributed by atoms with Crippen LogP contribution in [0.15, 0.2) is 48.8 Å². The van der Waals surface area contributed by atoms with E-state index in [4.69, 9.17) is 0 Å². The van der Waals surface area contributed by atoms with Crippen LogP contribution in [0.1, 0.15) is 15.9 Å². The zero-order valence-electron chi connectivity index (χ0n) is 10.2. The van der Waals surface area contributed by atoms with Crippen LogP contribution >= 0.6 is 0 Å². The minimum Gasteiger partial charge on any atom is -0.380 e. The Bertz CT molecular complexity index is 526. The van der Waals surface area contributed by atoms with Crippen molar-refractivity contribution in [3.05, 3.63) is 59.9 Å². The number of pyridine rings is 1. The van der Waals surface area contributed by atoms with E-state index in [-0.39, 0.29) is 5.91 Å². The number of carbonyl (C=O) groups is 1. The zero-order chi connectivity index (χ0) is 12.8. The van der Waals surface area contributed by atoms with Crippen molar-refractivity contribution in [3.8, 4) is 0 Å². The third-order valence-electron chi connectivity index (χ3n) is 2.63. The molecule has 0 unspecified atom stereocenters. The van der Waals surface area contributed by atoms with Gasteiger partial charge in [0.05, 0.1) is 5.56 Å². The van der Waals surface area contributed by atoms with E-state index in [1.54, 1.807) is 25.5 Å². The first-order chi connectivity index (χ1) is 8.81. The number of carbonyl (C=O) groups excluding carboxylic acids is 1. The summed E-state index contributed by atoms with van der Waals surface area (Å²) in [6.07, 6.45) is 3.50. The molecule has 2 rings (SSSR count). The average Bonchev–Trinajstić information content (AvgIpc) is 2.45. The third kappa shape index (κ3) is 2.85. The van der Waals surface area contributed by atoms with Gasteiger partial charge in [0.15, 0.2) is 0 Å². The van der Waals surface area contributed by atoms with Crippen LogP contribution in [0.25, 0.3) is 0 Å². The Hall–Kier alpha value is -2.36. The monoisotopic (exact) mass is 241 g/mol. The summed E-state index contributed by atoms with van der Waals surface area (Å²) < 4.78 is 0. The normalized spacial score (nSPS) is 9.83. The number of nitrogens with zero attached hydrogens (tertiary/aromatic N) is 1. The van der Waals surface area contributed by atoms with E-state index in [1.807, 2.05) is 30.3 Å². The molecule has 0 aliphatic rings. The molecule has 0 saturated carbocycles. The molecular weight excluding hydrogens is 226 g/mol. The molecule has 0 spiro atoms. The quantitative estimate of drug-likeness (QED) is 0.861. The molecule has 2 N–H and O–H groups in total. The lowest BCUT2D eigenvalue weighted by Crippen LogP contribution is -2.19. The van der Waals surface area contributed by atoms with E-state index in [0.717, 1.165) is 11.3 Å². The van der Waals surface area contributed by atoms with Crippen molar-refractivity contribution in [3.63, 3.8) is 0 Å². The van der Waals surface area contributed by atoms with Crippen LogP contribution in [0.3, 0.4) is 0 Å². The number of aromatic nitrogens is 1. The maximum Gasteiger partial charge on any atom is 0.253 e. The average molecular weight is 241 g/mol. The van der Waals surface area contributed by atoms with Gasteiger partial charge in [-0.1, -0.05) is 12.1 Å². The van der Waals surface area contributed by atoms with Crippen molar-refractivity contribution in [1.29, 1.82) is 0 Å². The summed E-state index contributed by atoms with van der Waals surface area (Å²) in [6.45, 7) is 0.663. The van der Waals surface area contributed by atoms with Gasteiger partial charge in [0.2, 0.25) is 0 Å². The SMILES string of the molecule is CNC(=O)c1ccccc1NCc1ccncc1. The summed E-state index contributed by atoms with van der Waals surface area (Å²) in [4.78, 5) is 15.7. The van der Waals surface area contributed by atoms with Crippen LogP contribution in [-0.4, -0.2) is 17.9 Å². The Morgan fingerprint density at radius 2 is 1.89 bits per heavy atom. The van der Waals surface area contributed by atoms with Gasteiger partial charge in [0, 0.05) is 31.7 Å². The second-order valence-corrected chi connectivity index (χ2v) is 3.83. The summed E-state index contributed by atoms with van der Waals surface area (Å²) in [6, 6.07) is 11.3. The van der Waals surface area contributed by atoms with Gasteiger partial charge < -0.3 is 10.6 Å². The van der Waals surface area contributed by atoms with E-state index >= 15 is 0 Å². The Morgan fingerprint density at radius 1 is 1.17 bits per heavy atom. The molecular formula is C14H15N3O.